The van der Waals surface area contributed by atoms with Gasteiger partial charge in [-0.2, -0.15) is 0 Å². The van der Waals surface area contributed by atoms with E-state index in [0.29, 0.717) is 5.92 Å². The fraction of sp³-hybridized carbons (Fsp3) is 0.800. The second-order valence-corrected chi connectivity index (χ2v) is 4.62. The molecule has 78 valence electrons. The minimum Gasteiger partial charge on any atom is -0.323 e. The molecule has 1 aliphatic carbocycles. The molecule has 2 rings (SSSR count). The van der Waals surface area contributed by atoms with Gasteiger partial charge in [0.2, 0.25) is 0 Å². The number of urea groups is 1. The van der Waals surface area contributed by atoms with E-state index in [1.165, 1.54) is 0 Å². The molecule has 1 spiro atoms. The van der Waals surface area contributed by atoms with Crippen LogP contribution < -0.4 is 10.6 Å². The van der Waals surface area contributed by atoms with E-state index >= 15 is 0 Å². The highest BCUT2D eigenvalue weighted by Crippen LogP contribution is 2.41. The van der Waals surface area contributed by atoms with E-state index in [0.717, 1.165) is 19.3 Å². The summed E-state index contributed by atoms with van der Waals surface area (Å²) < 4.78 is 0. The van der Waals surface area contributed by atoms with E-state index in [9.17, 15) is 9.59 Å². The molecule has 2 atom stereocenters. The molecule has 0 radical (unpaired) electrons. The van der Waals surface area contributed by atoms with E-state index < -0.39 is 5.54 Å². The molecule has 1 saturated carbocycles. The molecule has 4 heteroatoms. The highest BCUT2D eigenvalue weighted by atomic mass is 16.2. The summed E-state index contributed by atoms with van der Waals surface area (Å²) in [6, 6.07) is -0.331. The minimum atomic E-state index is -0.592. The number of hydrogen-bond acceptors (Lipinski definition) is 2. The van der Waals surface area contributed by atoms with Crippen molar-refractivity contribution in [3.8, 4) is 0 Å². The zero-order chi connectivity index (χ0) is 10.3. The highest BCUT2D eigenvalue weighted by Gasteiger charge is 2.54. The lowest BCUT2D eigenvalue weighted by atomic mass is 9.80. The number of carbonyl (C=O) groups excluding carboxylic acids is 2. The first-order valence-electron chi connectivity index (χ1n) is 5.20. The minimum absolute atomic E-state index is 0.126. The Morgan fingerprint density at radius 3 is 2.64 bits per heavy atom. The van der Waals surface area contributed by atoms with Crippen molar-refractivity contribution in [1.29, 1.82) is 0 Å². The Morgan fingerprint density at radius 1 is 1.43 bits per heavy atom. The van der Waals surface area contributed by atoms with Gasteiger partial charge in [-0.1, -0.05) is 20.3 Å². The molecular formula is C10H16N2O2. The number of nitrogens with one attached hydrogen (secondary N) is 2. The Bertz CT molecular complexity index is 288. The van der Waals surface area contributed by atoms with Crippen LogP contribution in [0.15, 0.2) is 0 Å². The molecule has 0 aromatic heterocycles. The number of hydrogen-bond donors (Lipinski definition) is 2. The van der Waals surface area contributed by atoms with E-state index in [1.54, 1.807) is 0 Å². The smallest absolute Gasteiger partial charge is 0.322 e. The van der Waals surface area contributed by atoms with Gasteiger partial charge in [0.05, 0.1) is 0 Å². The lowest BCUT2D eigenvalue weighted by molar-refractivity contribution is -0.125. The van der Waals surface area contributed by atoms with Crippen LogP contribution in [0.1, 0.15) is 33.1 Å². The van der Waals surface area contributed by atoms with Crippen molar-refractivity contribution in [3.05, 3.63) is 0 Å². The Labute approximate surface area is 83.4 Å². The maximum absolute atomic E-state index is 11.7. The normalized spacial score (nSPS) is 36.6. The van der Waals surface area contributed by atoms with Crippen molar-refractivity contribution in [2.45, 2.75) is 38.6 Å². The van der Waals surface area contributed by atoms with Crippen LogP contribution in [0.5, 0.6) is 0 Å². The maximum Gasteiger partial charge on any atom is 0.322 e. The Balaban J connectivity index is 2.30. The summed E-state index contributed by atoms with van der Waals surface area (Å²) in [4.78, 5) is 22.9. The quantitative estimate of drug-likeness (QED) is 0.615. The SMILES string of the molecule is CC(C)[C@@H]1CCC[C@]12NC(=O)NC2=O. The van der Waals surface area contributed by atoms with Gasteiger partial charge in [-0.15, -0.1) is 0 Å². The van der Waals surface area contributed by atoms with Gasteiger partial charge in [0, 0.05) is 0 Å². The van der Waals surface area contributed by atoms with Crippen LogP contribution >= 0.6 is 0 Å². The molecule has 1 heterocycles. The number of imide groups is 1. The molecule has 3 amide bonds. The van der Waals surface area contributed by atoms with Gasteiger partial charge >= 0.3 is 6.03 Å². The van der Waals surface area contributed by atoms with Crippen LogP contribution in [0, 0.1) is 11.8 Å². The van der Waals surface area contributed by atoms with Crippen LogP contribution in [-0.2, 0) is 4.79 Å². The van der Waals surface area contributed by atoms with E-state index in [-0.39, 0.29) is 17.9 Å². The Kier molecular flexibility index (Phi) is 2.01. The van der Waals surface area contributed by atoms with E-state index in [4.69, 9.17) is 0 Å². The van der Waals surface area contributed by atoms with Crippen molar-refractivity contribution in [1.82, 2.24) is 10.6 Å². The van der Waals surface area contributed by atoms with E-state index in [1.807, 2.05) is 0 Å². The van der Waals surface area contributed by atoms with Crippen LogP contribution in [-0.4, -0.2) is 17.5 Å². The largest absolute Gasteiger partial charge is 0.323 e. The molecule has 0 aromatic rings. The average molecular weight is 196 g/mol. The second-order valence-electron chi connectivity index (χ2n) is 4.62. The summed E-state index contributed by atoms with van der Waals surface area (Å²) in [7, 11) is 0. The standard InChI is InChI=1S/C10H16N2O2/c1-6(2)7-4-3-5-10(7)8(13)11-9(14)12-10/h6-7H,3-5H2,1-2H3,(H2,11,12,13,14)/t7-,10-/m0/s1. The molecule has 14 heavy (non-hydrogen) atoms. The second kappa shape index (κ2) is 2.97. The summed E-state index contributed by atoms with van der Waals surface area (Å²) in [5.74, 6) is 0.592. The zero-order valence-electron chi connectivity index (χ0n) is 8.59. The first-order chi connectivity index (χ1) is 6.56. The van der Waals surface area contributed by atoms with Crippen LogP contribution in [0.2, 0.25) is 0 Å². The van der Waals surface area contributed by atoms with Gasteiger partial charge in [-0.3, -0.25) is 10.1 Å². The lowest BCUT2D eigenvalue weighted by Crippen LogP contribution is -2.51. The van der Waals surface area contributed by atoms with E-state index in [2.05, 4.69) is 24.5 Å². The first-order valence-corrected chi connectivity index (χ1v) is 5.20. The number of carbonyl (C=O) groups is 2. The lowest BCUT2D eigenvalue weighted by Gasteiger charge is -2.30. The molecule has 2 aliphatic rings. The monoisotopic (exact) mass is 196 g/mol. The molecule has 1 saturated heterocycles. The third-order valence-electron chi connectivity index (χ3n) is 3.49. The predicted octanol–water partition coefficient (Wildman–Crippen LogP) is 1.02. The molecule has 2 N–H and O–H groups in total. The summed E-state index contributed by atoms with van der Waals surface area (Å²) in [6.45, 7) is 4.21. The summed E-state index contributed by atoms with van der Waals surface area (Å²) in [5, 5.41) is 5.16. The van der Waals surface area contributed by atoms with Gasteiger partial charge in [-0.25, -0.2) is 4.79 Å². The van der Waals surface area contributed by atoms with Gasteiger partial charge in [0.15, 0.2) is 0 Å². The fourth-order valence-corrected chi connectivity index (χ4v) is 2.88. The molecule has 0 bridgehead atoms. The maximum atomic E-state index is 11.7. The molecule has 4 nitrogen and oxygen atoms in total. The molecule has 0 unspecified atom stereocenters. The van der Waals surface area contributed by atoms with Gasteiger partial charge in [0.25, 0.3) is 5.91 Å². The predicted molar refractivity (Wildman–Crippen MR) is 51.6 cm³/mol. The average Bonchev–Trinajstić information content (AvgIpc) is 2.59. The third kappa shape index (κ3) is 1.13. The highest BCUT2D eigenvalue weighted by molar-refractivity contribution is 6.07. The van der Waals surface area contributed by atoms with Gasteiger partial charge < -0.3 is 5.32 Å². The van der Waals surface area contributed by atoms with Crippen molar-refractivity contribution in [3.63, 3.8) is 0 Å². The molecule has 1 aliphatic heterocycles. The zero-order valence-corrected chi connectivity index (χ0v) is 8.59. The van der Waals surface area contributed by atoms with Crippen molar-refractivity contribution in [2.75, 3.05) is 0 Å². The summed E-state index contributed by atoms with van der Waals surface area (Å²) in [5.41, 5.74) is -0.592. The molecule has 2 fully saturated rings. The Morgan fingerprint density at radius 2 is 2.14 bits per heavy atom. The number of rotatable bonds is 1. The molecule has 0 aromatic carbocycles. The third-order valence-corrected chi connectivity index (χ3v) is 3.49. The topological polar surface area (TPSA) is 58.2 Å². The number of amides is 3. The summed E-state index contributed by atoms with van der Waals surface area (Å²) >= 11 is 0. The van der Waals surface area contributed by atoms with Crippen LogP contribution in [0.4, 0.5) is 4.79 Å². The van der Waals surface area contributed by atoms with Crippen molar-refractivity contribution >= 4 is 11.9 Å². The molecular weight excluding hydrogens is 180 g/mol. The van der Waals surface area contributed by atoms with Crippen molar-refractivity contribution in [2.24, 2.45) is 11.8 Å². The van der Waals surface area contributed by atoms with Crippen LogP contribution in [0.3, 0.4) is 0 Å². The summed E-state index contributed by atoms with van der Waals surface area (Å²) in [6.07, 6.45) is 2.84. The Hall–Kier alpha value is -1.06. The van der Waals surface area contributed by atoms with Crippen LogP contribution in [0.25, 0.3) is 0 Å². The van der Waals surface area contributed by atoms with Crippen molar-refractivity contribution < 1.29 is 9.59 Å². The van der Waals surface area contributed by atoms with Gasteiger partial charge in [-0.05, 0) is 24.7 Å². The van der Waals surface area contributed by atoms with Gasteiger partial charge in [0.1, 0.15) is 5.54 Å². The fourth-order valence-electron chi connectivity index (χ4n) is 2.88. The first kappa shape index (κ1) is 9.49.